The smallest absolute Gasteiger partial charge is 0.290 e. The second kappa shape index (κ2) is 2.94. The second-order valence-electron chi connectivity index (χ2n) is 3.42. The molecule has 0 radical (unpaired) electrons. The van der Waals surface area contributed by atoms with Gasteiger partial charge in [0.2, 0.25) is 0 Å². The van der Waals surface area contributed by atoms with Gasteiger partial charge in [-0.1, -0.05) is 6.92 Å². The Hall–Kier alpha value is -0.770. The van der Waals surface area contributed by atoms with Crippen LogP contribution in [0.15, 0.2) is 4.99 Å². The summed E-state index contributed by atoms with van der Waals surface area (Å²) >= 11 is 0. The average Bonchev–Trinajstić information content (AvgIpc) is 2.46. The van der Waals surface area contributed by atoms with Gasteiger partial charge in [-0.15, -0.1) is 0 Å². The van der Waals surface area contributed by atoms with E-state index in [1.54, 1.807) is 7.11 Å². The minimum atomic E-state index is -0.0229. The molecule has 1 fully saturated rings. The highest BCUT2D eigenvalue weighted by atomic mass is 16.5. The first-order valence-electron chi connectivity index (χ1n) is 4.28. The summed E-state index contributed by atoms with van der Waals surface area (Å²) in [6.07, 6.45) is -0.0229. The molecule has 0 aromatic rings. The summed E-state index contributed by atoms with van der Waals surface area (Å²) < 4.78 is 10.6. The van der Waals surface area contributed by atoms with Crippen molar-refractivity contribution in [1.82, 2.24) is 4.90 Å². The van der Waals surface area contributed by atoms with Crippen molar-refractivity contribution in [1.29, 1.82) is 0 Å². The molecule has 2 aliphatic heterocycles. The van der Waals surface area contributed by atoms with Gasteiger partial charge in [0.25, 0.3) is 6.02 Å². The molecular weight excluding hydrogens is 156 g/mol. The van der Waals surface area contributed by atoms with Crippen molar-refractivity contribution < 1.29 is 9.47 Å². The Kier molecular flexibility index (Phi) is 1.92. The monoisotopic (exact) mass is 170 g/mol. The number of fused-ring (bicyclic) bond motifs is 1. The first-order valence-corrected chi connectivity index (χ1v) is 4.28. The van der Waals surface area contributed by atoms with Crippen molar-refractivity contribution in [3.05, 3.63) is 0 Å². The molecule has 0 aliphatic carbocycles. The molecule has 0 aromatic heterocycles. The van der Waals surface area contributed by atoms with Crippen LogP contribution in [0.4, 0.5) is 0 Å². The van der Waals surface area contributed by atoms with Crippen LogP contribution in [0.5, 0.6) is 0 Å². The summed E-state index contributed by atoms with van der Waals surface area (Å²) in [6, 6.07) is 0.764. The molecule has 2 heterocycles. The lowest BCUT2D eigenvalue weighted by Crippen LogP contribution is -2.41. The summed E-state index contributed by atoms with van der Waals surface area (Å²) in [4.78, 5) is 6.40. The first-order chi connectivity index (χ1) is 5.79. The van der Waals surface area contributed by atoms with E-state index >= 15 is 0 Å². The Morgan fingerprint density at radius 3 is 3.17 bits per heavy atom. The van der Waals surface area contributed by atoms with Gasteiger partial charge in [0.15, 0.2) is 6.23 Å². The van der Waals surface area contributed by atoms with Crippen LogP contribution in [0.25, 0.3) is 0 Å². The van der Waals surface area contributed by atoms with Crippen LogP contribution in [-0.4, -0.2) is 44.0 Å². The van der Waals surface area contributed by atoms with Gasteiger partial charge in [0.1, 0.15) is 0 Å². The number of amidine groups is 1. The molecule has 0 bridgehead atoms. The zero-order valence-corrected chi connectivity index (χ0v) is 7.49. The molecule has 0 spiro atoms. The molecule has 68 valence electrons. The van der Waals surface area contributed by atoms with E-state index in [4.69, 9.17) is 9.47 Å². The molecule has 2 aliphatic rings. The fourth-order valence-electron chi connectivity index (χ4n) is 1.57. The van der Waals surface area contributed by atoms with Crippen LogP contribution in [-0.2, 0) is 9.47 Å². The van der Waals surface area contributed by atoms with Crippen molar-refractivity contribution in [3.8, 4) is 0 Å². The Balaban J connectivity index is 2.03. The largest absolute Gasteiger partial charge is 0.465 e. The van der Waals surface area contributed by atoms with E-state index in [1.807, 2.05) is 0 Å². The number of hydrogen-bond acceptors (Lipinski definition) is 4. The van der Waals surface area contributed by atoms with Crippen molar-refractivity contribution in [2.45, 2.75) is 13.2 Å². The van der Waals surface area contributed by atoms with Crippen LogP contribution < -0.4 is 0 Å². The first kappa shape index (κ1) is 7.86. The van der Waals surface area contributed by atoms with Crippen LogP contribution in [0.1, 0.15) is 6.92 Å². The van der Waals surface area contributed by atoms with Crippen molar-refractivity contribution in [2.24, 2.45) is 10.9 Å². The van der Waals surface area contributed by atoms with Gasteiger partial charge in [-0.05, 0) is 0 Å². The average molecular weight is 170 g/mol. The van der Waals surface area contributed by atoms with Crippen LogP contribution in [0.3, 0.4) is 0 Å². The van der Waals surface area contributed by atoms with Crippen molar-refractivity contribution in [2.75, 3.05) is 26.8 Å². The standard InChI is InChI=1S/C8H14N2O2/c1-6-3-10-4-7(11-2)9-8(10)12-5-6/h6-7H,3-5H2,1-2H3. The third kappa shape index (κ3) is 1.27. The van der Waals surface area contributed by atoms with E-state index in [0.717, 1.165) is 25.7 Å². The molecule has 4 nitrogen and oxygen atoms in total. The summed E-state index contributed by atoms with van der Waals surface area (Å²) in [5.74, 6) is 0.597. The van der Waals surface area contributed by atoms with Crippen molar-refractivity contribution in [3.63, 3.8) is 0 Å². The molecule has 0 aromatic carbocycles. The highest BCUT2D eigenvalue weighted by molar-refractivity contribution is 5.76. The van der Waals surface area contributed by atoms with Gasteiger partial charge < -0.3 is 14.4 Å². The predicted octanol–water partition coefficient (Wildman–Crippen LogP) is 0.297. The molecule has 0 amide bonds. The zero-order valence-electron chi connectivity index (χ0n) is 7.49. The summed E-state index contributed by atoms with van der Waals surface area (Å²) in [6.45, 7) is 4.84. The van der Waals surface area contributed by atoms with E-state index in [9.17, 15) is 0 Å². The Bertz CT molecular complexity index is 205. The van der Waals surface area contributed by atoms with E-state index in [-0.39, 0.29) is 6.23 Å². The molecule has 0 N–H and O–H groups in total. The molecule has 0 saturated carbocycles. The van der Waals surface area contributed by atoms with Gasteiger partial charge in [0.05, 0.1) is 13.2 Å². The van der Waals surface area contributed by atoms with Crippen LogP contribution in [0.2, 0.25) is 0 Å². The fraction of sp³-hybridized carbons (Fsp3) is 0.875. The molecule has 2 rings (SSSR count). The highest BCUT2D eigenvalue weighted by Crippen LogP contribution is 2.17. The summed E-state index contributed by atoms with van der Waals surface area (Å²) in [7, 11) is 1.68. The normalized spacial score (nSPS) is 34.2. The SMILES string of the molecule is COC1CN2CC(C)COC2=N1. The Labute approximate surface area is 72.2 Å². The third-order valence-corrected chi connectivity index (χ3v) is 2.20. The van der Waals surface area contributed by atoms with E-state index in [0.29, 0.717) is 5.92 Å². The molecule has 2 unspecified atom stereocenters. The highest BCUT2D eigenvalue weighted by Gasteiger charge is 2.31. The predicted molar refractivity (Wildman–Crippen MR) is 44.9 cm³/mol. The maximum atomic E-state index is 5.44. The molecule has 2 atom stereocenters. The third-order valence-electron chi connectivity index (χ3n) is 2.20. The lowest BCUT2D eigenvalue weighted by Gasteiger charge is -2.29. The molecule has 12 heavy (non-hydrogen) atoms. The fourth-order valence-corrected chi connectivity index (χ4v) is 1.57. The van der Waals surface area contributed by atoms with E-state index in [2.05, 4.69) is 16.8 Å². The minimum Gasteiger partial charge on any atom is -0.465 e. The zero-order chi connectivity index (χ0) is 8.55. The minimum absolute atomic E-state index is 0.0229. The number of hydrogen-bond donors (Lipinski definition) is 0. The van der Waals surface area contributed by atoms with E-state index in [1.165, 1.54) is 0 Å². The molecular formula is C8H14N2O2. The maximum Gasteiger partial charge on any atom is 0.290 e. The molecule has 4 heteroatoms. The van der Waals surface area contributed by atoms with Gasteiger partial charge in [-0.3, -0.25) is 0 Å². The molecule has 1 saturated heterocycles. The van der Waals surface area contributed by atoms with Crippen molar-refractivity contribution >= 4 is 6.02 Å². The summed E-state index contributed by atoms with van der Waals surface area (Å²) in [5, 5.41) is 0. The number of aliphatic imine (C=N–C) groups is 1. The van der Waals surface area contributed by atoms with Gasteiger partial charge in [-0.2, -0.15) is 0 Å². The van der Waals surface area contributed by atoms with Gasteiger partial charge in [-0.25, -0.2) is 4.99 Å². The Morgan fingerprint density at radius 2 is 2.42 bits per heavy atom. The lowest BCUT2D eigenvalue weighted by atomic mass is 10.2. The van der Waals surface area contributed by atoms with Gasteiger partial charge >= 0.3 is 0 Å². The van der Waals surface area contributed by atoms with Crippen LogP contribution >= 0.6 is 0 Å². The quantitative estimate of drug-likeness (QED) is 0.567. The number of nitrogens with zero attached hydrogens (tertiary/aromatic N) is 2. The topological polar surface area (TPSA) is 34.1 Å². The van der Waals surface area contributed by atoms with E-state index < -0.39 is 0 Å². The number of ether oxygens (including phenoxy) is 2. The van der Waals surface area contributed by atoms with Gasteiger partial charge in [0, 0.05) is 19.6 Å². The Morgan fingerprint density at radius 1 is 1.58 bits per heavy atom. The van der Waals surface area contributed by atoms with Crippen LogP contribution in [0, 0.1) is 5.92 Å². The number of methoxy groups -OCH3 is 1. The summed E-state index contributed by atoms with van der Waals surface area (Å²) in [5.41, 5.74) is 0. The second-order valence-corrected chi connectivity index (χ2v) is 3.42. The maximum absolute atomic E-state index is 5.44. The number of rotatable bonds is 1. The lowest BCUT2D eigenvalue weighted by molar-refractivity contribution is 0.0893.